The van der Waals surface area contributed by atoms with Crippen LogP contribution in [0.5, 0.6) is 0 Å². The lowest BCUT2D eigenvalue weighted by Gasteiger charge is -2.25. The molecule has 8 N–H and O–H groups in total. The molecule has 1 aromatic heterocycles. The van der Waals surface area contributed by atoms with Gasteiger partial charge in [-0.05, 0) is 30.9 Å². The number of carboxylic acid groups (broad SMARTS) is 2. The molecule has 0 bridgehead atoms. The number of benzene rings is 1. The third kappa shape index (κ3) is 8.08. The van der Waals surface area contributed by atoms with E-state index in [1.54, 1.807) is 6.20 Å². The number of hydrogen-bond acceptors (Lipinski definition) is 6. The number of rotatable bonds is 13. The standard InChI is InChI=1S/C24H33N5O7/c1-12(2)8-18(28-21(32)16(25)10-20(30)31)23(34)29-19(22(33)27-13(3)24(35)36)9-14-11-26-17-7-5-4-6-15(14)17/h4-7,11-13,16,18-19,26H,8-10,25H2,1-3H3,(H,27,33)(H,28,32)(H,29,34)(H,30,31)(H,35,36). The molecular formula is C24H33N5O7. The van der Waals surface area contributed by atoms with Crippen molar-refractivity contribution in [2.75, 3.05) is 0 Å². The summed E-state index contributed by atoms with van der Waals surface area (Å²) in [5.41, 5.74) is 7.18. The summed E-state index contributed by atoms with van der Waals surface area (Å²) in [7, 11) is 0. The number of nitrogens with one attached hydrogen (secondary N) is 4. The van der Waals surface area contributed by atoms with E-state index >= 15 is 0 Å². The molecule has 0 radical (unpaired) electrons. The molecule has 4 atom stereocenters. The van der Waals surface area contributed by atoms with Crippen LogP contribution in [0.25, 0.3) is 10.9 Å². The van der Waals surface area contributed by atoms with Crippen LogP contribution in [0.4, 0.5) is 0 Å². The van der Waals surface area contributed by atoms with Gasteiger partial charge in [-0.3, -0.25) is 24.0 Å². The number of hydrogen-bond donors (Lipinski definition) is 7. The number of amides is 3. The van der Waals surface area contributed by atoms with E-state index in [1.807, 2.05) is 38.1 Å². The lowest BCUT2D eigenvalue weighted by Crippen LogP contribution is -2.57. The van der Waals surface area contributed by atoms with Crippen molar-refractivity contribution in [1.82, 2.24) is 20.9 Å². The van der Waals surface area contributed by atoms with E-state index in [0.29, 0.717) is 0 Å². The fourth-order valence-corrected chi connectivity index (χ4v) is 3.64. The van der Waals surface area contributed by atoms with Gasteiger partial charge in [-0.1, -0.05) is 32.0 Å². The molecule has 0 aliphatic rings. The second kappa shape index (κ2) is 12.7. The molecule has 0 aliphatic carbocycles. The Balaban J connectivity index is 2.27. The molecule has 0 fully saturated rings. The number of H-pyrrole nitrogens is 1. The molecule has 0 saturated heterocycles. The number of carbonyl (C=O) groups excluding carboxylic acids is 3. The van der Waals surface area contributed by atoms with Gasteiger partial charge < -0.3 is 36.9 Å². The first kappa shape index (κ1) is 28.3. The zero-order valence-corrected chi connectivity index (χ0v) is 20.4. The van der Waals surface area contributed by atoms with Gasteiger partial charge in [0, 0.05) is 23.5 Å². The topological polar surface area (TPSA) is 204 Å². The highest BCUT2D eigenvalue weighted by Gasteiger charge is 2.30. The number of nitrogens with two attached hydrogens (primary N) is 1. The van der Waals surface area contributed by atoms with Crippen LogP contribution in [-0.4, -0.2) is 69.0 Å². The minimum atomic E-state index is -1.35. The van der Waals surface area contributed by atoms with Crippen molar-refractivity contribution in [3.63, 3.8) is 0 Å². The molecule has 196 valence electrons. The quantitative estimate of drug-likeness (QED) is 0.199. The fraction of sp³-hybridized carbons (Fsp3) is 0.458. The van der Waals surface area contributed by atoms with Gasteiger partial charge in [-0.2, -0.15) is 0 Å². The predicted octanol–water partition coefficient (Wildman–Crippen LogP) is 0.117. The number of aromatic amines is 1. The molecule has 12 heteroatoms. The van der Waals surface area contributed by atoms with Crippen LogP contribution in [0.15, 0.2) is 30.5 Å². The van der Waals surface area contributed by atoms with Gasteiger partial charge in [0.25, 0.3) is 0 Å². The first-order valence-corrected chi connectivity index (χ1v) is 11.5. The molecule has 0 saturated carbocycles. The maximum absolute atomic E-state index is 13.2. The number of fused-ring (bicyclic) bond motifs is 1. The Kier molecular flexibility index (Phi) is 9.97. The largest absolute Gasteiger partial charge is 0.481 e. The number of aliphatic carboxylic acids is 2. The van der Waals surface area contributed by atoms with Crippen molar-refractivity contribution in [3.8, 4) is 0 Å². The molecule has 0 spiro atoms. The molecule has 12 nitrogen and oxygen atoms in total. The van der Waals surface area contributed by atoms with Crippen LogP contribution >= 0.6 is 0 Å². The number of carboxylic acids is 2. The second-order valence-electron chi connectivity index (χ2n) is 9.09. The van der Waals surface area contributed by atoms with Gasteiger partial charge in [0.15, 0.2) is 0 Å². The van der Waals surface area contributed by atoms with Gasteiger partial charge >= 0.3 is 11.9 Å². The average molecular weight is 504 g/mol. The normalized spacial score (nSPS) is 14.5. The molecule has 2 aromatic rings. The smallest absolute Gasteiger partial charge is 0.325 e. The Morgan fingerprint density at radius 3 is 2.14 bits per heavy atom. The molecule has 3 amide bonds. The van der Waals surface area contributed by atoms with Gasteiger partial charge in [0.1, 0.15) is 18.1 Å². The molecule has 1 heterocycles. The summed E-state index contributed by atoms with van der Waals surface area (Å²) >= 11 is 0. The van der Waals surface area contributed by atoms with Gasteiger partial charge in [0.05, 0.1) is 12.5 Å². The van der Waals surface area contributed by atoms with Crippen molar-refractivity contribution in [2.45, 2.75) is 64.2 Å². The van der Waals surface area contributed by atoms with E-state index < -0.39 is 60.2 Å². The maximum atomic E-state index is 13.2. The fourth-order valence-electron chi connectivity index (χ4n) is 3.64. The van der Waals surface area contributed by atoms with Crippen molar-refractivity contribution >= 4 is 40.6 Å². The van der Waals surface area contributed by atoms with Gasteiger partial charge in [-0.25, -0.2) is 0 Å². The lowest BCUT2D eigenvalue weighted by atomic mass is 10.00. The van der Waals surface area contributed by atoms with Crippen LogP contribution in [0, 0.1) is 5.92 Å². The zero-order chi connectivity index (χ0) is 27.0. The van der Waals surface area contributed by atoms with Crippen molar-refractivity contribution in [1.29, 1.82) is 0 Å². The molecule has 0 aliphatic heterocycles. The van der Waals surface area contributed by atoms with E-state index in [0.717, 1.165) is 16.5 Å². The van der Waals surface area contributed by atoms with E-state index in [2.05, 4.69) is 20.9 Å². The summed E-state index contributed by atoms with van der Waals surface area (Å²) in [5.74, 6) is -4.73. The molecule has 1 aromatic carbocycles. The molecular weight excluding hydrogens is 470 g/mol. The van der Waals surface area contributed by atoms with Crippen molar-refractivity contribution in [2.24, 2.45) is 11.7 Å². The molecule has 2 rings (SSSR count). The number of aromatic nitrogens is 1. The first-order valence-electron chi connectivity index (χ1n) is 11.5. The molecule has 4 unspecified atom stereocenters. The summed E-state index contributed by atoms with van der Waals surface area (Å²) in [6.07, 6.45) is 1.34. The molecule has 36 heavy (non-hydrogen) atoms. The SMILES string of the molecule is CC(C)CC(NC(=O)C(N)CC(=O)O)C(=O)NC(Cc1c[nH]c2ccccc12)C(=O)NC(C)C(=O)O. The summed E-state index contributed by atoms with van der Waals surface area (Å²) in [5, 5.41) is 26.4. The van der Waals surface area contributed by atoms with Crippen molar-refractivity contribution in [3.05, 3.63) is 36.0 Å². The summed E-state index contributed by atoms with van der Waals surface area (Å²) < 4.78 is 0. The van der Waals surface area contributed by atoms with Crippen LogP contribution in [-0.2, 0) is 30.4 Å². The third-order valence-electron chi connectivity index (χ3n) is 5.53. The average Bonchev–Trinajstić information content (AvgIpc) is 3.20. The van der Waals surface area contributed by atoms with Gasteiger partial charge in [0.2, 0.25) is 17.7 Å². The van der Waals surface area contributed by atoms with Crippen molar-refractivity contribution < 1.29 is 34.2 Å². The van der Waals surface area contributed by atoms with Crippen LogP contribution < -0.4 is 21.7 Å². The highest BCUT2D eigenvalue weighted by Crippen LogP contribution is 2.19. The minimum Gasteiger partial charge on any atom is -0.481 e. The van der Waals surface area contributed by atoms with Crippen LogP contribution in [0.1, 0.15) is 39.2 Å². The maximum Gasteiger partial charge on any atom is 0.325 e. The predicted molar refractivity (Wildman–Crippen MR) is 131 cm³/mol. The van der Waals surface area contributed by atoms with E-state index in [4.69, 9.17) is 10.8 Å². The van der Waals surface area contributed by atoms with E-state index in [9.17, 15) is 29.1 Å². The minimum absolute atomic E-state index is 0.0373. The van der Waals surface area contributed by atoms with Crippen LogP contribution in [0.3, 0.4) is 0 Å². The number of carbonyl (C=O) groups is 5. The van der Waals surface area contributed by atoms with Crippen LogP contribution in [0.2, 0.25) is 0 Å². The number of para-hydroxylation sites is 1. The Labute approximate surface area is 208 Å². The summed E-state index contributed by atoms with van der Waals surface area (Å²) in [6.45, 7) is 4.96. The Morgan fingerprint density at radius 1 is 0.917 bits per heavy atom. The van der Waals surface area contributed by atoms with E-state index in [-0.39, 0.29) is 18.8 Å². The monoisotopic (exact) mass is 503 g/mol. The summed E-state index contributed by atoms with van der Waals surface area (Å²) in [6, 6.07) is 2.58. The van der Waals surface area contributed by atoms with Gasteiger partial charge in [-0.15, -0.1) is 0 Å². The van der Waals surface area contributed by atoms with E-state index in [1.165, 1.54) is 6.92 Å². The Bertz CT molecular complexity index is 1110. The highest BCUT2D eigenvalue weighted by molar-refractivity contribution is 5.95. The Hall–Kier alpha value is -3.93. The summed E-state index contributed by atoms with van der Waals surface area (Å²) in [4.78, 5) is 63.8. The Morgan fingerprint density at radius 2 is 1.53 bits per heavy atom. The highest BCUT2D eigenvalue weighted by atomic mass is 16.4. The zero-order valence-electron chi connectivity index (χ0n) is 20.4. The second-order valence-corrected chi connectivity index (χ2v) is 9.09. The third-order valence-corrected chi connectivity index (χ3v) is 5.53. The first-order chi connectivity index (χ1) is 16.9. The lowest BCUT2D eigenvalue weighted by molar-refractivity contribution is -0.141.